The number of aryl methyl sites for hydroxylation is 1. The fraction of sp³-hybridized carbons (Fsp3) is 0.0909. The highest BCUT2D eigenvalue weighted by molar-refractivity contribution is 5.95. The zero-order valence-electron chi connectivity index (χ0n) is 8.21. The van der Waals surface area contributed by atoms with Crippen LogP contribution in [0.15, 0.2) is 36.8 Å². The molecule has 0 bridgehead atoms. The molecule has 2 heterocycles. The summed E-state index contributed by atoms with van der Waals surface area (Å²) in [6.07, 6.45) is 3.60. The Morgan fingerprint density at radius 2 is 2.00 bits per heavy atom. The minimum atomic E-state index is 0. The first-order valence-electron chi connectivity index (χ1n) is 4.51. The van der Waals surface area contributed by atoms with Crippen LogP contribution in [-0.2, 0) is 7.05 Å². The fourth-order valence-corrected chi connectivity index (χ4v) is 1.81. The zero-order chi connectivity index (χ0) is 9.54. The molecule has 0 saturated carbocycles. The highest BCUT2D eigenvalue weighted by atomic mass is 35.5. The predicted molar refractivity (Wildman–Crippen MR) is 62.4 cm³/mol. The summed E-state index contributed by atoms with van der Waals surface area (Å²) in [4.78, 5) is 8.60. The molecular weight excluding hydrogens is 210 g/mol. The van der Waals surface area contributed by atoms with Gasteiger partial charge >= 0.3 is 0 Å². The van der Waals surface area contributed by atoms with E-state index in [2.05, 4.69) is 16.0 Å². The Morgan fingerprint density at radius 3 is 2.87 bits per heavy atom. The van der Waals surface area contributed by atoms with Gasteiger partial charge in [-0.15, -0.1) is 12.4 Å². The molecule has 1 aromatic rings. The second-order valence-corrected chi connectivity index (χ2v) is 3.37. The second kappa shape index (κ2) is 3.51. The Labute approximate surface area is 93.5 Å². The zero-order valence-corrected chi connectivity index (χ0v) is 9.03. The lowest BCUT2D eigenvalue weighted by Crippen LogP contribution is -1.96. The van der Waals surface area contributed by atoms with Crippen LogP contribution in [0.1, 0.15) is 0 Å². The van der Waals surface area contributed by atoms with Crippen LogP contribution in [-0.4, -0.2) is 14.5 Å². The minimum Gasteiger partial charge on any atom is -0.333 e. The van der Waals surface area contributed by atoms with Gasteiger partial charge in [-0.2, -0.15) is 0 Å². The molecule has 1 aromatic carbocycles. The van der Waals surface area contributed by atoms with E-state index in [1.807, 2.05) is 29.8 Å². The smallest absolute Gasteiger partial charge is 0.106 e. The number of para-hydroxylation sites is 1. The molecule has 0 aromatic heterocycles. The predicted octanol–water partition coefficient (Wildman–Crippen LogP) is 2.49. The summed E-state index contributed by atoms with van der Waals surface area (Å²) in [7, 11) is 1.99. The summed E-state index contributed by atoms with van der Waals surface area (Å²) in [6, 6.07) is 8.14. The summed E-state index contributed by atoms with van der Waals surface area (Å²) in [5.74, 6) is 0. The highest BCUT2D eigenvalue weighted by Gasteiger charge is 2.12. The first-order chi connectivity index (χ1) is 6.86. The normalized spacial score (nSPS) is 10.5. The maximum absolute atomic E-state index is 4.49. The molecule has 0 fully saturated rings. The summed E-state index contributed by atoms with van der Waals surface area (Å²) < 4.78 is 2.00. The molecule has 0 saturated heterocycles. The molecule has 0 unspecified atom stereocenters. The number of hydrogen-bond acceptors (Lipinski definition) is 2. The highest BCUT2D eigenvalue weighted by Crippen LogP contribution is 2.28. The molecular formula is C11H10ClN3. The largest absolute Gasteiger partial charge is 0.333 e. The van der Waals surface area contributed by atoms with Crippen LogP contribution in [0.5, 0.6) is 0 Å². The van der Waals surface area contributed by atoms with Crippen LogP contribution in [0, 0.1) is 0 Å². The number of nitrogens with zero attached hydrogens (tertiary/aromatic N) is 3. The van der Waals surface area contributed by atoms with Crippen molar-refractivity contribution in [3.8, 4) is 11.4 Å². The number of hydrogen-bond donors (Lipinski definition) is 0. The van der Waals surface area contributed by atoms with Crippen LogP contribution in [0.2, 0.25) is 0 Å². The standard InChI is InChI=1S/C11H9N3.ClH/c1-14-7-12-6-10-11(14)8-4-2-3-5-9(8)13-10;/h2-7H,1H3;1H. The molecule has 0 atom stereocenters. The number of benzene rings is 1. The van der Waals surface area contributed by atoms with Gasteiger partial charge < -0.3 is 4.57 Å². The second-order valence-electron chi connectivity index (χ2n) is 3.37. The van der Waals surface area contributed by atoms with Gasteiger partial charge in [-0.1, -0.05) is 18.2 Å². The summed E-state index contributed by atoms with van der Waals surface area (Å²) >= 11 is 0. The molecule has 0 aliphatic carbocycles. The van der Waals surface area contributed by atoms with Crippen LogP contribution in [0.4, 0.5) is 0 Å². The fourth-order valence-electron chi connectivity index (χ4n) is 1.81. The van der Waals surface area contributed by atoms with E-state index in [1.165, 1.54) is 5.39 Å². The monoisotopic (exact) mass is 219 g/mol. The SMILES string of the molecule is Cl.Cn1cncc2nc3ccccc3c1-2. The average Bonchev–Trinajstić information content (AvgIpc) is 2.57. The van der Waals surface area contributed by atoms with Crippen molar-refractivity contribution in [2.75, 3.05) is 0 Å². The molecule has 0 N–H and O–H groups in total. The number of rotatable bonds is 0. The van der Waals surface area contributed by atoms with E-state index >= 15 is 0 Å². The Balaban J connectivity index is 0.000000853. The topological polar surface area (TPSA) is 30.7 Å². The molecule has 15 heavy (non-hydrogen) atoms. The minimum absolute atomic E-state index is 0. The van der Waals surface area contributed by atoms with E-state index < -0.39 is 0 Å². The maximum atomic E-state index is 4.49. The van der Waals surface area contributed by atoms with E-state index in [9.17, 15) is 0 Å². The van der Waals surface area contributed by atoms with Gasteiger partial charge in [0, 0.05) is 12.4 Å². The molecule has 76 valence electrons. The summed E-state index contributed by atoms with van der Waals surface area (Å²) in [6.45, 7) is 0. The van der Waals surface area contributed by atoms with Crippen molar-refractivity contribution in [2.24, 2.45) is 7.05 Å². The van der Waals surface area contributed by atoms with Crippen LogP contribution >= 0.6 is 12.4 Å². The lowest BCUT2D eigenvalue weighted by atomic mass is 10.2. The molecule has 2 aliphatic heterocycles. The number of aromatic nitrogens is 3. The first-order valence-corrected chi connectivity index (χ1v) is 4.51. The van der Waals surface area contributed by atoms with Crippen LogP contribution < -0.4 is 0 Å². The number of fused-ring (bicyclic) bond motifs is 3. The van der Waals surface area contributed by atoms with Crippen molar-refractivity contribution >= 4 is 23.3 Å². The van der Waals surface area contributed by atoms with E-state index in [0.717, 1.165) is 16.9 Å². The van der Waals surface area contributed by atoms with Gasteiger partial charge in [-0.25, -0.2) is 9.97 Å². The van der Waals surface area contributed by atoms with Crippen molar-refractivity contribution in [1.29, 1.82) is 0 Å². The van der Waals surface area contributed by atoms with Crippen molar-refractivity contribution in [3.05, 3.63) is 36.8 Å². The lowest BCUT2D eigenvalue weighted by Gasteiger charge is -2.04. The molecule has 0 spiro atoms. The van der Waals surface area contributed by atoms with Crippen molar-refractivity contribution < 1.29 is 0 Å². The van der Waals surface area contributed by atoms with E-state index in [-0.39, 0.29) is 12.4 Å². The van der Waals surface area contributed by atoms with Gasteiger partial charge in [0.15, 0.2) is 0 Å². The molecule has 2 aliphatic rings. The van der Waals surface area contributed by atoms with Crippen molar-refractivity contribution in [2.45, 2.75) is 0 Å². The van der Waals surface area contributed by atoms with Gasteiger partial charge in [0.25, 0.3) is 0 Å². The van der Waals surface area contributed by atoms with E-state index in [1.54, 1.807) is 12.5 Å². The van der Waals surface area contributed by atoms with Crippen LogP contribution in [0.25, 0.3) is 22.3 Å². The van der Waals surface area contributed by atoms with Gasteiger partial charge in [0.2, 0.25) is 0 Å². The van der Waals surface area contributed by atoms with Gasteiger partial charge in [0.1, 0.15) is 5.69 Å². The molecule has 4 heteroatoms. The third kappa shape index (κ3) is 1.36. The Hall–Kier alpha value is -1.61. The summed E-state index contributed by atoms with van der Waals surface area (Å²) in [5, 5.41) is 1.19. The molecule has 0 amide bonds. The third-order valence-electron chi connectivity index (χ3n) is 2.43. The maximum Gasteiger partial charge on any atom is 0.106 e. The molecule has 3 rings (SSSR count). The number of halogens is 1. The average molecular weight is 220 g/mol. The van der Waals surface area contributed by atoms with Crippen molar-refractivity contribution in [1.82, 2.24) is 14.5 Å². The van der Waals surface area contributed by atoms with Crippen LogP contribution in [0.3, 0.4) is 0 Å². The van der Waals surface area contributed by atoms with Gasteiger partial charge in [-0.05, 0) is 6.07 Å². The van der Waals surface area contributed by atoms with E-state index in [0.29, 0.717) is 0 Å². The third-order valence-corrected chi connectivity index (χ3v) is 2.43. The Morgan fingerprint density at radius 1 is 1.20 bits per heavy atom. The first kappa shape index (κ1) is 9.93. The van der Waals surface area contributed by atoms with Crippen molar-refractivity contribution in [3.63, 3.8) is 0 Å². The van der Waals surface area contributed by atoms with Gasteiger partial charge in [-0.3, -0.25) is 0 Å². The van der Waals surface area contributed by atoms with Gasteiger partial charge in [0.05, 0.1) is 23.7 Å². The molecule has 0 radical (unpaired) electrons. The Bertz CT molecular complexity index is 573. The quantitative estimate of drug-likeness (QED) is 0.582. The molecule has 3 nitrogen and oxygen atoms in total. The summed E-state index contributed by atoms with van der Waals surface area (Å²) in [5.41, 5.74) is 3.14. The Kier molecular flexibility index (Phi) is 2.32. The lowest BCUT2D eigenvalue weighted by molar-refractivity contribution is 0.875. The van der Waals surface area contributed by atoms with E-state index in [4.69, 9.17) is 0 Å².